The summed E-state index contributed by atoms with van der Waals surface area (Å²) in [7, 11) is 1.40. The van der Waals surface area contributed by atoms with Gasteiger partial charge in [-0.3, -0.25) is 23.7 Å². The lowest BCUT2D eigenvalue weighted by atomic mass is 9.95. The van der Waals surface area contributed by atoms with Crippen LogP contribution < -0.4 is 29.3 Å². The van der Waals surface area contributed by atoms with Crippen molar-refractivity contribution in [2.24, 2.45) is 4.99 Å². The Morgan fingerprint density at radius 2 is 1.78 bits per heavy atom. The molecule has 2 aliphatic heterocycles. The van der Waals surface area contributed by atoms with Crippen molar-refractivity contribution >= 4 is 46.4 Å². The van der Waals surface area contributed by atoms with E-state index in [2.05, 4.69) is 4.99 Å². The first-order valence-corrected chi connectivity index (χ1v) is 13.4. The molecule has 11 nitrogen and oxygen atoms in total. The van der Waals surface area contributed by atoms with Crippen LogP contribution in [0.2, 0.25) is 0 Å². The summed E-state index contributed by atoms with van der Waals surface area (Å²) in [5.74, 6) is -1.94. The number of aromatic nitrogens is 1. The predicted octanol–water partition coefficient (Wildman–Crippen LogP) is 2.00. The molecule has 2 aliphatic rings. The second-order valence-electron chi connectivity index (χ2n) is 9.18. The Kier molecular flexibility index (Phi) is 7.18. The second kappa shape index (κ2) is 10.6. The summed E-state index contributed by atoms with van der Waals surface area (Å²) in [6, 6.07) is 10.4. The van der Waals surface area contributed by atoms with Crippen molar-refractivity contribution in [2.45, 2.75) is 33.7 Å². The number of anilines is 1. The first-order chi connectivity index (χ1) is 19.6. The molecule has 1 aromatic heterocycles. The van der Waals surface area contributed by atoms with Gasteiger partial charge in [-0.2, -0.15) is 0 Å². The molecule has 2 amide bonds. The largest absolute Gasteiger partial charge is 0.493 e. The van der Waals surface area contributed by atoms with Crippen LogP contribution >= 0.6 is 11.3 Å². The monoisotopic (exact) mass is 575 g/mol. The number of para-hydroxylation sites is 1. The third-order valence-electron chi connectivity index (χ3n) is 6.62. The van der Waals surface area contributed by atoms with Crippen molar-refractivity contribution in [3.8, 4) is 11.5 Å². The molecule has 0 fully saturated rings. The fourth-order valence-electron chi connectivity index (χ4n) is 5.00. The van der Waals surface area contributed by atoms with Gasteiger partial charge in [-0.1, -0.05) is 35.6 Å². The zero-order valence-electron chi connectivity index (χ0n) is 22.8. The van der Waals surface area contributed by atoms with Crippen LogP contribution in [0.1, 0.15) is 44.9 Å². The van der Waals surface area contributed by atoms with E-state index < -0.39 is 35.4 Å². The molecule has 3 heterocycles. The van der Waals surface area contributed by atoms with E-state index in [4.69, 9.17) is 14.2 Å². The van der Waals surface area contributed by atoms with Gasteiger partial charge in [0, 0.05) is 19.4 Å². The first-order valence-electron chi connectivity index (χ1n) is 12.6. The van der Waals surface area contributed by atoms with Crippen molar-refractivity contribution in [1.29, 1.82) is 0 Å². The highest BCUT2D eigenvalue weighted by Crippen LogP contribution is 2.37. The van der Waals surface area contributed by atoms with Crippen LogP contribution in [0.4, 0.5) is 5.69 Å². The second-order valence-corrected chi connectivity index (χ2v) is 10.2. The minimum Gasteiger partial charge on any atom is -0.493 e. The minimum absolute atomic E-state index is 0.0800. The molecule has 0 N–H and O–H groups in total. The molecule has 0 spiro atoms. The number of benzene rings is 2. The number of allylic oxidation sites excluding steroid dienone is 1. The maximum Gasteiger partial charge on any atom is 0.338 e. The summed E-state index contributed by atoms with van der Waals surface area (Å²) < 4.78 is 17.4. The van der Waals surface area contributed by atoms with Gasteiger partial charge in [-0.05, 0) is 37.6 Å². The molecule has 210 valence electrons. The van der Waals surface area contributed by atoms with Crippen LogP contribution in [0, 0.1) is 0 Å². The molecule has 0 saturated heterocycles. The highest BCUT2D eigenvalue weighted by molar-refractivity contribution is 7.07. The third-order valence-corrected chi connectivity index (χ3v) is 7.68. The van der Waals surface area contributed by atoms with Crippen molar-refractivity contribution < 1.29 is 33.4 Å². The highest BCUT2D eigenvalue weighted by Gasteiger charge is 2.39. The molecule has 0 radical (unpaired) electrons. The van der Waals surface area contributed by atoms with Gasteiger partial charge < -0.3 is 14.2 Å². The van der Waals surface area contributed by atoms with Crippen LogP contribution in [0.5, 0.6) is 11.5 Å². The van der Waals surface area contributed by atoms with Gasteiger partial charge in [-0.15, -0.1) is 0 Å². The number of amides is 2. The Hall–Kier alpha value is -4.84. The minimum atomic E-state index is -1.00. The number of imide groups is 1. The zero-order chi connectivity index (χ0) is 29.6. The van der Waals surface area contributed by atoms with E-state index in [9.17, 15) is 24.0 Å². The van der Waals surface area contributed by atoms with Crippen molar-refractivity contribution in [3.05, 3.63) is 84.5 Å². The van der Waals surface area contributed by atoms with E-state index in [1.54, 1.807) is 50.2 Å². The Balaban J connectivity index is 1.81. The number of esters is 2. The molecule has 5 rings (SSSR count). The summed E-state index contributed by atoms with van der Waals surface area (Å²) in [6.07, 6.45) is 0. The van der Waals surface area contributed by atoms with E-state index in [0.717, 1.165) is 16.2 Å². The van der Waals surface area contributed by atoms with Crippen molar-refractivity contribution in [3.63, 3.8) is 0 Å². The third kappa shape index (κ3) is 4.55. The van der Waals surface area contributed by atoms with Crippen molar-refractivity contribution in [1.82, 2.24) is 4.57 Å². The standard InChI is InChI=1S/C29H25N3O8S/c1-6-39-28(37)22-14(2)30-29-32(24(22)17-11-12-20(40-16(4)34)21(13-17)38-5)27(36)25(41-29)23-18-9-7-8-10-19(18)31(15(3)33)26(23)35/h7-13,24H,6H2,1-5H3/b25-23-/t24-/m0/s1. The van der Waals surface area contributed by atoms with Gasteiger partial charge in [0.2, 0.25) is 5.91 Å². The lowest BCUT2D eigenvalue weighted by Gasteiger charge is -2.25. The number of carbonyl (C=O) groups is 4. The Labute approximate surface area is 237 Å². The molecule has 0 aliphatic carbocycles. The van der Waals surface area contributed by atoms with Crippen LogP contribution in [0.3, 0.4) is 0 Å². The van der Waals surface area contributed by atoms with Gasteiger partial charge in [0.05, 0.1) is 42.3 Å². The number of rotatable bonds is 5. The molecule has 1 atom stereocenters. The molecule has 0 bridgehead atoms. The van der Waals surface area contributed by atoms with E-state index in [1.807, 2.05) is 0 Å². The molecule has 12 heteroatoms. The topological polar surface area (TPSA) is 134 Å². The molecule has 0 saturated carbocycles. The Morgan fingerprint density at radius 1 is 1.05 bits per heavy atom. The van der Waals surface area contributed by atoms with Crippen LogP contribution in [0.15, 0.2) is 63.5 Å². The lowest BCUT2D eigenvalue weighted by Crippen LogP contribution is -2.41. The number of fused-ring (bicyclic) bond motifs is 2. The van der Waals surface area contributed by atoms with E-state index >= 15 is 0 Å². The smallest absolute Gasteiger partial charge is 0.338 e. The number of carbonyl (C=O) groups excluding carboxylic acids is 4. The van der Waals surface area contributed by atoms with Gasteiger partial charge in [0.15, 0.2) is 16.3 Å². The predicted molar refractivity (Wildman–Crippen MR) is 148 cm³/mol. The quantitative estimate of drug-likeness (QED) is 0.333. The zero-order valence-corrected chi connectivity index (χ0v) is 23.7. The average molecular weight is 576 g/mol. The van der Waals surface area contributed by atoms with E-state index in [1.165, 1.54) is 31.6 Å². The molecule has 41 heavy (non-hydrogen) atoms. The van der Waals surface area contributed by atoms with Crippen LogP contribution in [0.25, 0.3) is 5.57 Å². The fraction of sp³-hybridized carbons (Fsp3) is 0.241. The summed E-state index contributed by atoms with van der Waals surface area (Å²) >= 11 is 0.992. The average Bonchev–Trinajstić information content (AvgIpc) is 3.40. The van der Waals surface area contributed by atoms with Gasteiger partial charge in [0.25, 0.3) is 11.5 Å². The number of hydrogen-bond acceptors (Lipinski definition) is 10. The number of hydrogen-bond donors (Lipinski definition) is 0. The summed E-state index contributed by atoms with van der Waals surface area (Å²) in [6.45, 7) is 5.93. The van der Waals surface area contributed by atoms with Crippen molar-refractivity contribution in [2.75, 3.05) is 18.6 Å². The van der Waals surface area contributed by atoms with Crippen LogP contribution in [-0.2, 0) is 23.9 Å². The Morgan fingerprint density at radius 3 is 2.44 bits per heavy atom. The normalized spacial score (nSPS) is 17.0. The summed E-state index contributed by atoms with van der Waals surface area (Å²) in [4.78, 5) is 70.7. The van der Waals surface area contributed by atoms with E-state index in [-0.39, 0.29) is 38.6 Å². The number of thiazole rings is 1. The van der Waals surface area contributed by atoms with Gasteiger partial charge in [0.1, 0.15) is 4.53 Å². The van der Waals surface area contributed by atoms with Gasteiger partial charge >= 0.3 is 11.9 Å². The molecular weight excluding hydrogens is 550 g/mol. The first kappa shape index (κ1) is 27.7. The molecular formula is C29H25N3O8S. The highest BCUT2D eigenvalue weighted by atomic mass is 32.1. The maximum absolute atomic E-state index is 14.2. The fourth-order valence-corrected chi connectivity index (χ4v) is 6.14. The van der Waals surface area contributed by atoms with E-state index in [0.29, 0.717) is 22.5 Å². The van der Waals surface area contributed by atoms with Crippen LogP contribution in [-0.4, -0.2) is 42.0 Å². The maximum atomic E-state index is 14.2. The van der Waals surface area contributed by atoms with Gasteiger partial charge in [-0.25, -0.2) is 14.7 Å². The Bertz CT molecular complexity index is 1870. The molecule has 0 unspecified atom stereocenters. The number of ether oxygens (including phenoxy) is 3. The number of nitrogens with zero attached hydrogens (tertiary/aromatic N) is 3. The number of methoxy groups -OCH3 is 1. The summed E-state index contributed by atoms with van der Waals surface area (Å²) in [5.41, 5.74) is 1.26. The SMILES string of the molecule is CCOC(=O)C1=C(C)N=c2s/c(=C3\C(=O)N(C(C)=O)c4ccccc43)c(=O)n2[C@H]1c1ccc(OC(C)=O)c(OC)c1. The molecule has 2 aromatic carbocycles. The summed E-state index contributed by atoms with van der Waals surface area (Å²) in [5, 5.41) is 0. The lowest BCUT2D eigenvalue weighted by molar-refractivity contribution is -0.139. The molecule has 3 aromatic rings.